The second-order valence-electron chi connectivity index (χ2n) is 3.87. The van der Waals surface area contributed by atoms with Crippen molar-refractivity contribution >= 4 is 15.9 Å². The zero-order valence-electron chi connectivity index (χ0n) is 11.4. The monoisotopic (exact) mass is 305 g/mol. The van der Waals surface area contributed by atoms with Gasteiger partial charge in [-0.3, -0.25) is 4.79 Å². The van der Waals surface area contributed by atoms with Crippen molar-refractivity contribution in [3.63, 3.8) is 0 Å². The average Bonchev–Trinajstić information content (AvgIpc) is 2.89. The Balaban J connectivity index is 2.35. The molecule has 1 aromatic heterocycles. The standard InChI is InChI=1S/C11H19N3O5S/c1-12-20(16,17)11-4-3-9(19-11)7-13-8-10(15)14-5-6-18-2/h3-4,12-13H,5-8H2,1-2H3,(H,14,15). The van der Waals surface area contributed by atoms with Gasteiger partial charge in [0.05, 0.1) is 19.7 Å². The first-order valence-corrected chi connectivity index (χ1v) is 7.46. The van der Waals surface area contributed by atoms with E-state index in [1.165, 1.54) is 13.1 Å². The molecule has 0 spiro atoms. The highest BCUT2D eigenvalue weighted by Gasteiger charge is 2.16. The van der Waals surface area contributed by atoms with Crippen LogP contribution in [0.1, 0.15) is 5.76 Å². The molecular formula is C11H19N3O5S. The molecule has 3 N–H and O–H groups in total. The molecule has 20 heavy (non-hydrogen) atoms. The number of sulfonamides is 1. The van der Waals surface area contributed by atoms with Gasteiger partial charge < -0.3 is 19.8 Å². The van der Waals surface area contributed by atoms with Crippen LogP contribution in [0.4, 0.5) is 0 Å². The van der Waals surface area contributed by atoms with Gasteiger partial charge in [0.2, 0.25) is 11.0 Å². The maximum Gasteiger partial charge on any atom is 0.273 e. The highest BCUT2D eigenvalue weighted by Crippen LogP contribution is 2.12. The predicted molar refractivity (Wildman–Crippen MR) is 71.5 cm³/mol. The highest BCUT2D eigenvalue weighted by molar-refractivity contribution is 7.89. The molecule has 1 heterocycles. The first kappa shape index (κ1) is 16.6. The molecular weight excluding hydrogens is 286 g/mol. The molecule has 0 radical (unpaired) electrons. The minimum Gasteiger partial charge on any atom is -0.447 e. The van der Waals surface area contributed by atoms with E-state index < -0.39 is 10.0 Å². The Hall–Kier alpha value is -1.42. The fourth-order valence-electron chi connectivity index (χ4n) is 1.35. The molecule has 9 heteroatoms. The van der Waals surface area contributed by atoms with Crippen molar-refractivity contribution in [1.82, 2.24) is 15.4 Å². The van der Waals surface area contributed by atoms with Crippen molar-refractivity contribution < 1.29 is 22.4 Å². The predicted octanol–water partition coefficient (Wildman–Crippen LogP) is -0.960. The Morgan fingerprint density at radius 3 is 2.80 bits per heavy atom. The van der Waals surface area contributed by atoms with Crippen LogP contribution in [-0.4, -0.2) is 48.2 Å². The average molecular weight is 305 g/mol. The number of furan rings is 1. The SMILES string of the molecule is CNS(=O)(=O)c1ccc(CNCC(=O)NCCOC)o1. The van der Waals surface area contributed by atoms with Gasteiger partial charge in [-0.05, 0) is 19.2 Å². The summed E-state index contributed by atoms with van der Waals surface area (Å²) in [5.74, 6) is 0.264. The van der Waals surface area contributed by atoms with Gasteiger partial charge >= 0.3 is 0 Å². The van der Waals surface area contributed by atoms with Crippen molar-refractivity contribution in [2.45, 2.75) is 11.6 Å². The number of rotatable bonds is 9. The van der Waals surface area contributed by atoms with E-state index in [4.69, 9.17) is 9.15 Å². The molecule has 0 aliphatic rings. The van der Waals surface area contributed by atoms with E-state index in [2.05, 4.69) is 15.4 Å². The third kappa shape index (κ3) is 5.29. The summed E-state index contributed by atoms with van der Waals surface area (Å²) in [6.07, 6.45) is 0. The van der Waals surface area contributed by atoms with E-state index in [0.29, 0.717) is 18.9 Å². The van der Waals surface area contributed by atoms with Crippen LogP contribution in [0.15, 0.2) is 21.6 Å². The third-order valence-electron chi connectivity index (χ3n) is 2.38. The van der Waals surface area contributed by atoms with E-state index in [1.807, 2.05) is 0 Å². The van der Waals surface area contributed by atoms with Gasteiger partial charge in [-0.15, -0.1) is 0 Å². The zero-order valence-corrected chi connectivity index (χ0v) is 12.2. The van der Waals surface area contributed by atoms with Crippen LogP contribution in [0.5, 0.6) is 0 Å². The molecule has 0 aliphatic heterocycles. The molecule has 0 fully saturated rings. The van der Waals surface area contributed by atoms with E-state index >= 15 is 0 Å². The number of hydrogen-bond donors (Lipinski definition) is 3. The van der Waals surface area contributed by atoms with Crippen LogP contribution in [0.25, 0.3) is 0 Å². The van der Waals surface area contributed by atoms with Crippen molar-refractivity contribution in [2.24, 2.45) is 0 Å². The summed E-state index contributed by atoms with van der Waals surface area (Å²) in [5.41, 5.74) is 0. The minimum atomic E-state index is -3.57. The topological polar surface area (TPSA) is 110 Å². The summed E-state index contributed by atoms with van der Waals surface area (Å²) in [4.78, 5) is 11.4. The van der Waals surface area contributed by atoms with Crippen LogP contribution >= 0.6 is 0 Å². The largest absolute Gasteiger partial charge is 0.447 e. The smallest absolute Gasteiger partial charge is 0.273 e. The fraction of sp³-hybridized carbons (Fsp3) is 0.545. The van der Waals surface area contributed by atoms with Gasteiger partial charge in [0.1, 0.15) is 5.76 Å². The van der Waals surface area contributed by atoms with Gasteiger partial charge in [-0.1, -0.05) is 0 Å². The summed E-state index contributed by atoms with van der Waals surface area (Å²) in [5, 5.41) is 5.34. The summed E-state index contributed by atoms with van der Waals surface area (Å²) >= 11 is 0. The first-order chi connectivity index (χ1) is 9.49. The Bertz CT molecular complexity index is 526. The van der Waals surface area contributed by atoms with E-state index in [1.54, 1.807) is 13.2 Å². The van der Waals surface area contributed by atoms with Crippen LogP contribution in [0, 0.1) is 0 Å². The van der Waals surface area contributed by atoms with Crippen molar-refractivity contribution in [3.05, 3.63) is 17.9 Å². The lowest BCUT2D eigenvalue weighted by molar-refractivity contribution is -0.120. The fourth-order valence-corrected chi connectivity index (χ4v) is 2.02. The molecule has 1 rings (SSSR count). The van der Waals surface area contributed by atoms with Crippen LogP contribution in [0.3, 0.4) is 0 Å². The van der Waals surface area contributed by atoms with Crippen molar-refractivity contribution in [1.29, 1.82) is 0 Å². The maximum atomic E-state index is 11.4. The summed E-state index contributed by atoms with van der Waals surface area (Å²) in [6, 6.07) is 2.90. The molecule has 0 saturated heterocycles. The Kier molecular flexibility index (Phi) is 6.65. The number of carbonyl (C=O) groups excluding carboxylic acids is 1. The Morgan fingerprint density at radius 2 is 2.15 bits per heavy atom. The number of methoxy groups -OCH3 is 1. The summed E-state index contributed by atoms with van der Waals surface area (Å²) in [7, 11) is -0.712. The molecule has 0 aliphatic carbocycles. The normalized spacial score (nSPS) is 11.5. The second-order valence-corrected chi connectivity index (χ2v) is 5.69. The lowest BCUT2D eigenvalue weighted by Crippen LogP contribution is -2.35. The third-order valence-corrected chi connectivity index (χ3v) is 3.67. The number of hydrogen-bond acceptors (Lipinski definition) is 6. The molecule has 0 saturated carbocycles. The van der Waals surface area contributed by atoms with E-state index in [9.17, 15) is 13.2 Å². The Labute approximate surface area is 117 Å². The summed E-state index contributed by atoms with van der Waals surface area (Å²) in [6.45, 7) is 1.27. The molecule has 1 amide bonds. The van der Waals surface area contributed by atoms with Gasteiger partial charge in [-0.2, -0.15) is 0 Å². The zero-order chi connectivity index (χ0) is 15.0. The van der Waals surface area contributed by atoms with E-state index in [0.717, 1.165) is 0 Å². The minimum absolute atomic E-state index is 0.110. The second kappa shape index (κ2) is 8.00. The maximum absolute atomic E-state index is 11.4. The highest BCUT2D eigenvalue weighted by atomic mass is 32.2. The van der Waals surface area contributed by atoms with Gasteiger partial charge in [0.25, 0.3) is 10.0 Å². The van der Waals surface area contributed by atoms with Crippen LogP contribution in [-0.2, 0) is 26.1 Å². The van der Waals surface area contributed by atoms with Gasteiger partial charge in [-0.25, -0.2) is 13.1 Å². The number of carbonyl (C=O) groups is 1. The lowest BCUT2D eigenvalue weighted by Gasteiger charge is -2.05. The van der Waals surface area contributed by atoms with Crippen molar-refractivity contribution in [3.8, 4) is 0 Å². The van der Waals surface area contributed by atoms with Crippen LogP contribution < -0.4 is 15.4 Å². The molecule has 0 unspecified atom stereocenters. The van der Waals surface area contributed by atoms with Crippen molar-refractivity contribution in [2.75, 3.05) is 33.9 Å². The van der Waals surface area contributed by atoms with E-state index in [-0.39, 0.29) is 24.1 Å². The molecule has 1 aromatic rings. The molecule has 0 atom stereocenters. The number of ether oxygens (including phenoxy) is 1. The lowest BCUT2D eigenvalue weighted by atomic mass is 10.4. The van der Waals surface area contributed by atoms with Crippen LogP contribution in [0.2, 0.25) is 0 Å². The first-order valence-electron chi connectivity index (χ1n) is 5.98. The van der Waals surface area contributed by atoms with Gasteiger partial charge in [0.15, 0.2) is 0 Å². The molecule has 0 aromatic carbocycles. The summed E-state index contributed by atoms with van der Waals surface area (Å²) < 4.78 is 35.0. The molecule has 8 nitrogen and oxygen atoms in total. The van der Waals surface area contributed by atoms with Gasteiger partial charge in [0, 0.05) is 13.7 Å². The molecule has 114 valence electrons. The molecule has 0 bridgehead atoms. The number of nitrogens with one attached hydrogen (secondary N) is 3. The number of amides is 1. The quantitative estimate of drug-likeness (QED) is 0.507. The Morgan fingerprint density at radius 1 is 1.40 bits per heavy atom.